The van der Waals surface area contributed by atoms with Crippen LogP contribution in [0.1, 0.15) is 23.2 Å². The molecule has 2 N–H and O–H groups in total. The minimum atomic E-state index is -0.171. The lowest BCUT2D eigenvalue weighted by molar-refractivity contribution is 0.0855. The van der Waals surface area contributed by atoms with Gasteiger partial charge in [-0.25, -0.2) is 0 Å². The molecule has 0 aliphatic carbocycles. The number of carbonyl (C=O) groups excluding carboxylic acids is 1. The summed E-state index contributed by atoms with van der Waals surface area (Å²) >= 11 is 0. The number of H-pyrrole nitrogens is 1. The van der Waals surface area contributed by atoms with E-state index in [0.29, 0.717) is 17.9 Å². The van der Waals surface area contributed by atoms with Crippen molar-refractivity contribution in [3.63, 3.8) is 0 Å². The largest absolute Gasteiger partial charge is 0.495 e. The number of rotatable bonds is 5. The zero-order valence-corrected chi connectivity index (χ0v) is 16.8. The summed E-state index contributed by atoms with van der Waals surface area (Å²) < 4.78 is 11.3. The van der Waals surface area contributed by atoms with Gasteiger partial charge in [0.2, 0.25) is 0 Å². The molecule has 6 heteroatoms. The Morgan fingerprint density at radius 3 is 2.87 bits per heavy atom. The van der Waals surface area contributed by atoms with Crippen LogP contribution in [0.2, 0.25) is 0 Å². The van der Waals surface area contributed by atoms with Gasteiger partial charge in [0.15, 0.2) is 0 Å². The van der Waals surface area contributed by atoms with Crippen LogP contribution in [0.15, 0.2) is 54.6 Å². The fourth-order valence-electron chi connectivity index (χ4n) is 4.13. The number of aromatic amines is 1. The fraction of sp³-hybridized carbons (Fsp3) is 0.250. The quantitative estimate of drug-likeness (QED) is 0.523. The number of carbonyl (C=O) groups is 1. The molecule has 1 atom stereocenters. The molecule has 2 heterocycles. The summed E-state index contributed by atoms with van der Waals surface area (Å²) in [4.78, 5) is 12.9. The molecule has 1 amide bonds. The van der Waals surface area contributed by atoms with E-state index in [-0.39, 0.29) is 12.0 Å². The van der Waals surface area contributed by atoms with Gasteiger partial charge in [0.05, 0.1) is 29.7 Å². The molecule has 1 aliphatic rings. The molecule has 1 aromatic heterocycles. The third-order valence-electron chi connectivity index (χ3n) is 5.67. The fourth-order valence-corrected chi connectivity index (χ4v) is 4.13. The van der Waals surface area contributed by atoms with Crippen molar-refractivity contribution in [1.82, 2.24) is 15.5 Å². The number of nitrogens with one attached hydrogen (secondary N) is 2. The lowest BCUT2D eigenvalue weighted by Crippen LogP contribution is -2.32. The Labute approximate surface area is 174 Å². The Balaban J connectivity index is 1.54. The molecule has 152 valence electrons. The zero-order valence-electron chi connectivity index (χ0n) is 16.8. The minimum absolute atomic E-state index is 0.0887. The average molecular weight is 401 g/mol. The normalized spacial score (nSPS) is 16.2. The maximum atomic E-state index is 12.9. The van der Waals surface area contributed by atoms with Crippen LogP contribution in [0.5, 0.6) is 5.75 Å². The van der Waals surface area contributed by atoms with Crippen molar-refractivity contribution in [2.45, 2.75) is 18.9 Å². The first kappa shape index (κ1) is 18.6. The molecule has 1 saturated heterocycles. The highest BCUT2D eigenvalue weighted by atomic mass is 16.5. The van der Waals surface area contributed by atoms with Gasteiger partial charge in [-0.05, 0) is 41.8 Å². The van der Waals surface area contributed by atoms with Gasteiger partial charge in [0.25, 0.3) is 5.91 Å². The first-order chi connectivity index (χ1) is 14.7. The highest BCUT2D eigenvalue weighted by Crippen LogP contribution is 2.37. The maximum absolute atomic E-state index is 12.9. The molecule has 30 heavy (non-hydrogen) atoms. The molecule has 3 aromatic carbocycles. The van der Waals surface area contributed by atoms with Crippen LogP contribution in [-0.4, -0.2) is 42.5 Å². The van der Waals surface area contributed by atoms with Gasteiger partial charge >= 0.3 is 0 Å². The van der Waals surface area contributed by atoms with E-state index in [1.807, 2.05) is 24.3 Å². The van der Waals surface area contributed by atoms with Crippen molar-refractivity contribution in [2.24, 2.45) is 0 Å². The molecule has 0 radical (unpaired) electrons. The molecule has 6 nitrogen and oxygen atoms in total. The van der Waals surface area contributed by atoms with Crippen molar-refractivity contribution in [1.29, 1.82) is 0 Å². The van der Waals surface area contributed by atoms with E-state index in [9.17, 15) is 4.79 Å². The summed E-state index contributed by atoms with van der Waals surface area (Å²) in [5.74, 6) is 0.351. The molecule has 0 bridgehead atoms. The van der Waals surface area contributed by atoms with Gasteiger partial charge in [-0.3, -0.25) is 9.89 Å². The number of aromatic nitrogens is 2. The first-order valence-corrected chi connectivity index (χ1v) is 10.2. The van der Waals surface area contributed by atoms with Crippen molar-refractivity contribution in [3.05, 3.63) is 60.2 Å². The number of hydrogen-bond acceptors (Lipinski definition) is 4. The van der Waals surface area contributed by atoms with E-state index in [1.54, 1.807) is 13.2 Å². The molecule has 1 unspecified atom stereocenters. The molecular weight excluding hydrogens is 378 g/mol. The van der Waals surface area contributed by atoms with Gasteiger partial charge in [-0.2, -0.15) is 5.10 Å². The number of fused-ring (bicyclic) bond motifs is 2. The Hall–Kier alpha value is -3.38. The van der Waals surface area contributed by atoms with Gasteiger partial charge in [0.1, 0.15) is 11.4 Å². The van der Waals surface area contributed by atoms with Crippen LogP contribution < -0.4 is 10.1 Å². The van der Waals surface area contributed by atoms with Gasteiger partial charge in [-0.15, -0.1) is 0 Å². The summed E-state index contributed by atoms with van der Waals surface area (Å²) in [6.07, 6.45) is 2.11. The van der Waals surface area contributed by atoms with Crippen molar-refractivity contribution in [2.75, 3.05) is 20.3 Å². The molecule has 1 aliphatic heterocycles. The second kappa shape index (κ2) is 7.80. The molecule has 0 spiro atoms. The smallest absolute Gasteiger partial charge is 0.255 e. The summed E-state index contributed by atoms with van der Waals surface area (Å²) in [5.41, 5.74) is 3.05. The Morgan fingerprint density at radius 2 is 2.07 bits per heavy atom. The number of amides is 1. The monoisotopic (exact) mass is 401 g/mol. The predicted octanol–water partition coefficient (Wildman–Crippen LogP) is 4.30. The van der Waals surface area contributed by atoms with Crippen LogP contribution >= 0.6 is 0 Å². The standard InChI is InChI=1S/C24H23N3O3/c1-29-23-19(24(28)25-14-18-7-4-12-30-18)10-11-20-21(23)22(27-26-20)17-9-8-15-5-2-3-6-16(15)13-17/h2-3,5-6,8-11,13,18H,4,7,12,14H2,1H3,(H,25,28)(H,26,27). The SMILES string of the molecule is COc1c(C(=O)NCC2CCCO2)ccc2[nH]nc(-c3ccc4ccccc4c3)c12. The number of benzene rings is 3. The lowest BCUT2D eigenvalue weighted by atomic mass is 10.0. The third kappa shape index (κ3) is 3.29. The maximum Gasteiger partial charge on any atom is 0.255 e. The van der Waals surface area contributed by atoms with Gasteiger partial charge in [0, 0.05) is 18.7 Å². The van der Waals surface area contributed by atoms with Crippen molar-refractivity contribution in [3.8, 4) is 17.0 Å². The zero-order chi connectivity index (χ0) is 20.5. The minimum Gasteiger partial charge on any atom is -0.495 e. The predicted molar refractivity (Wildman–Crippen MR) is 117 cm³/mol. The van der Waals surface area contributed by atoms with Crippen LogP contribution in [0.3, 0.4) is 0 Å². The average Bonchev–Trinajstić information content (AvgIpc) is 3.46. The number of methoxy groups -OCH3 is 1. The summed E-state index contributed by atoms with van der Waals surface area (Å²) in [7, 11) is 1.59. The summed E-state index contributed by atoms with van der Waals surface area (Å²) in [6.45, 7) is 1.27. The van der Waals surface area contributed by atoms with Crippen LogP contribution in [-0.2, 0) is 4.74 Å². The lowest BCUT2D eigenvalue weighted by Gasteiger charge is -2.13. The number of ether oxygens (including phenoxy) is 2. The van der Waals surface area contributed by atoms with Crippen LogP contribution in [0, 0.1) is 0 Å². The van der Waals surface area contributed by atoms with E-state index in [0.717, 1.165) is 47.0 Å². The van der Waals surface area contributed by atoms with Gasteiger partial charge in [-0.1, -0.05) is 36.4 Å². The van der Waals surface area contributed by atoms with Crippen molar-refractivity contribution >= 4 is 27.6 Å². The molecule has 4 aromatic rings. The molecule has 5 rings (SSSR count). The Kier molecular flexibility index (Phi) is 4.85. The Bertz CT molecular complexity index is 1230. The second-order valence-corrected chi connectivity index (χ2v) is 7.55. The van der Waals surface area contributed by atoms with Crippen molar-refractivity contribution < 1.29 is 14.3 Å². The first-order valence-electron chi connectivity index (χ1n) is 10.2. The summed E-state index contributed by atoms with van der Waals surface area (Å²) in [6, 6.07) is 18.1. The second-order valence-electron chi connectivity index (χ2n) is 7.55. The highest BCUT2D eigenvalue weighted by Gasteiger charge is 2.22. The third-order valence-corrected chi connectivity index (χ3v) is 5.67. The highest BCUT2D eigenvalue weighted by molar-refractivity contribution is 6.07. The summed E-state index contributed by atoms with van der Waals surface area (Å²) in [5, 5.41) is 13.7. The van der Waals surface area contributed by atoms with E-state index in [2.05, 4.69) is 39.8 Å². The van der Waals surface area contributed by atoms with E-state index >= 15 is 0 Å². The molecule has 0 saturated carbocycles. The van der Waals surface area contributed by atoms with E-state index < -0.39 is 0 Å². The van der Waals surface area contributed by atoms with Crippen LogP contribution in [0.4, 0.5) is 0 Å². The number of nitrogens with zero attached hydrogens (tertiary/aromatic N) is 1. The Morgan fingerprint density at radius 1 is 1.20 bits per heavy atom. The van der Waals surface area contributed by atoms with E-state index in [1.165, 1.54) is 5.39 Å². The molecule has 1 fully saturated rings. The van der Waals surface area contributed by atoms with Gasteiger partial charge < -0.3 is 14.8 Å². The van der Waals surface area contributed by atoms with Crippen LogP contribution in [0.25, 0.3) is 32.9 Å². The topological polar surface area (TPSA) is 76.2 Å². The van der Waals surface area contributed by atoms with E-state index in [4.69, 9.17) is 9.47 Å². The number of hydrogen-bond donors (Lipinski definition) is 2. The molecular formula is C24H23N3O3.